The van der Waals surface area contributed by atoms with E-state index in [-0.39, 0.29) is 10.8 Å². The van der Waals surface area contributed by atoms with Crippen molar-refractivity contribution in [3.63, 3.8) is 0 Å². The minimum atomic E-state index is 0.139. The molecule has 0 aliphatic heterocycles. The van der Waals surface area contributed by atoms with E-state index in [1.807, 2.05) is 13.8 Å². The van der Waals surface area contributed by atoms with E-state index in [9.17, 15) is 9.59 Å². The molecule has 0 aromatic rings. The molecule has 2 nitrogen and oxygen atoms in total. The average molecular weight is 573 g/mol. The maximum absolute atomic E-state index is 12.2. The fraction of sp³-hybridized carbons (Fsp3) is 0.600. The number of carbonyl (C=O) groups excluding carboxylic acids is 2. The van der Waals surface area contributed by atoms with E-state index >= 15 is 0 Å². The van der Waals surface area contributed by atoms with Crippen LogP contribution in [0.3, 0.4) is 0 Å². The number of Topliss-reactive ketones (excluding diaryl/α,β-unsaturated/α-hetero) is 2. The first-order valence-electron chi connectivity index (χ1n) is 16.4. The van der Waals surface area contributed by atoms with Crippen LogP contribution in [0.4, 0.5) is 0 Å². The molecular formula is C40H60O2. The molecule has 0 saturated carbocycles. The molecule has 0 saturated heterocycles. The number of hydrogen-bond acceptors (Lipinski definition) is 2. The lowest BCUT2D eigenvalue weighted by atomic mass is 9.70. The van der Waals surface area contributed by atoms with Crippen LogP contribution in [0.25, 0.3) is 0 Å². The first-order valence-corrected chi connectivity index (χ1v) is 16.4. The second-order valence-electron chi connectivity index (χ2n) is 14.5. The third kappa shape index (κ3) is 11.3. The average Bonchev–Trinajstić information content (AvgIpc) is 2.91. The highest BCUT2D eigenvalue weighted by molar-refractivity contribution is 5.97. The quantitative estimate of drug-likeness (QED) is 0.153. The SMILES string of the molecule is CC1=C(CC/C(C)=C/C=C/C(C)=C/C=C/CC(C)CC/C=C(\C)CCC2=C(C)C(=O)CCC2(C)C)C(C)(C)CCC1=O. The van der Waals surface area contributed by atoms with Crippen molar-refractivity contribution in [2.24, 2.45) is 16.7 Å². The second kappa shape index (κ2) is 16.4. The largest absolute Gasteiger partial charge is 0.295 e. The Morgan fingerprint density at radius 1 is 0.786 bits per heavy atom. The van der Waals surface area contributed by atoms with E-state index in [0.29, 0.717) is 30.3 Å². The Balaban J connectivity index is 1.73. The normalized spacial score (nSPS) is 21.3. The van der Waals surface area contributed by atoms with E-state index in [1.54, 1.807) is 0 Å². The van der Waals surface area contributed by atoms with Gasteiger partial charge in [0.15, 0.2) is 11.6 Å². The third-order valence-electron chi connectivity index (χ3n) is 9.79. The van der Waals surface area contributed by atoms with Crippen LogP contribution in [0.15, 0.2) is 81.5 Å². The van der Waals surface area contributed by atoms with Crippen molar-refractivity contribution >= 4 is 11.6 Å². The molecule has 0 aromatic carbocycles. The van der Waals surface area contributed by atoms with Gasteiger partial charge in [-0.05, 0) is 120 Å². The zero-order valence-electron chi connectivity index (χ0n) is 28.7. The summed E-state index contributed by atoms with van der Waals surface area (Å²) in [5, 5.41) is 0. The van der Waals surface area contributed by atoms with Crippen LogP contribution >= 0.6 is 0 Å². The van der Waals surface area contributed by atoms with Gasteiger partial charge in [-0.3, -0.25) is 9.59 Å². The minimum absolute atomic E-state index is 0.139. The highest BCUT2D eigenvalue weighted by atomic mass is 16.1. The van der Waals surface area contributed by atoms with Crippen LogP contribution in [-0.2, 0) is 9.59 Å². The molecule has 0 radical (unpaired) electrons. The Hall–Kier alpha value is -2.48. The molecule has 0 N–H and O–H groups in total. The molecule has 42 heavy (non-hydrogen) atoms. The van der Waals surface area contributed by atoms with E-state index in [4.69, 9.17) is 0 Å². The van der Waals surface area contributed by atoms with E-state index in [1.165, 1.54) is 34.3 Å². The van der Waals surface area contributed by atoms with Crippen LogP contribution in [0.5, 0.6) is 0 Å². The summed E-state index contributed by atoms with van der Waals surface area (Å²) in [5.74, 6) is 1.33. The number of hydrogen-bond donors (Lipinski definition) is 0. The summed E-state index contributed by atoms with van der Waals surface area (Å²) in [6, 6.07) is 0. The maximum atomic E-state index is 12.2. The van der Waals surface area contributed by atoms with Crippen molar-refractivity contribution in [3.05, 3.63) is 81.5 Å². The molecule has 0 fully saturated rings. The van der Waals surface area contributed by atoms with Crippen LogP contribution in [0.2, 0.25) is 0 Å². The molecule has 2 aliphatic rings. The van der Waals surface area contributed by atoms with Gasteiger partial charge in [-0.15, -0.1) is 0 Å². The monoisotopic (exact) mass is 572 g/mol. The van der Waals surface area contributed by atoms with Gasteiger partial charge in [0.25, 0.3) is 0 Å². The zero-order valence-corrected chi connectivity index (χ0v) is 28.7. The molecule has 0 bridgehead atoms. The summed E-state index contributed by atoms with van der Waals surface area (Å²) in [7, 11) is 0. The van der Waals surface area contributed by atoms with E-state index < -0.39 is 0 Å². The number of ketones is 2. The fourth-order valence-electron chi connectivity index (χ4n) is 6.44. The Morgan fingerprint density at radius 2 is 1.31 bits per heavy atom. The van der Waals surface area contributed by atoms with E-state index in [0.717, 1.165) is 62.5 Å². The van der Waals surface area contributed by atoms with E-state index in [2.05, 4.69) is 97.9 Å². The summed E-state index contributed by atoms with van der Waals surface area (Å²) in [6.45, 7) is 22.1. The Kier molecular flexibility index (Phi) is 13.9. The molecular weight excluding hydrogens is 512 g/mol. The third-order valence-corrected chi connectivity index (χ3v) is 9.79. The number of carbonyl (C=O) groups is 2. The lowest BCUT2D eigenvalue weighted by Crippen LogP contribution is -2.25. The van der Waals surface area contributed by atoms with Gasteiger partial charge >= 0.3 is 0 Å². The molecule has 1 unspecified atom stereocenters. The van der Waals surface area contributed by atoms with Gasteiger partial charge in [-0.1, -0.05) is 105 Å². The van der Waals surface area contributed by atoms with Gasteiger partial charge in [0.05, 0.1) is 0 Å². The van der Waals surface area contributed by atoms with Gasteiger partial charge in [-0.25, -0.2) is 0 Å². The van der Waals surface area contributed by atoms with Crippen molar-refractivity contribution in [2.45, 2.75) is 140 Å². The van der Waals surface area contributed by atoms with Crippen molar-refractivity contribution in [2.75, 3.05) is 0 Å². The first-order chi connectivity index (χ1) is 19.6. The molecule has 0 heterocycles. The zero-order chi connectivity index (χ0) is 31.5. The summed E-state index contributed by atoms with van der Waals surface area (Å²) in [5.41, 5.74) is 9.08. The second-order valence-corrected chi connectivity index (χ2v) is 14.5. The number of rotatable bonds is 14. The first kappa shape index (κ1) is 35.7. The van der Waals surface area contributed by atoms with Crippen LogP contribution < -0.4 is 0 Å². The topological polar surface area (TPSA) is 34.1 Å². The smallest absolute Gasteiger partial charge is 0.158 e. The molecule has 0 spiro atoms. The van der Waals surface area contributed by atoms with Crippen molar-refractivity contribution in [1.82, 2.24) is 0 Å². The van der Waals surface area contributed by atoms with Gasteiger partial charge in [0.2, 0.25) is 0 Å². The Morgan fingerprint density at radius 3 is 1.86 bits per heavy atom. The van der Waals surface area contributed by atoms with Gasteiger partial charge in [-0.2, -0.15) is 0 Å². The van der Waals surface area contributed by atoms with Crippen molar-refractivity contribution < 1.29 is 9.59 Å². The summed E-state index contributed by atoms with van der Waals surface area (Å²) in [4.78, 5) is 24.4. The van der Waals surface area contributed by atoms with Crippen LogP contribution in [0.1, 0.15) is 140 Å². The Labute approximate surface area is 258 Å². The fourth-order valence-corrected chi connectivity index (χ4v) is 6.44. The predicted molar refractivity (Wildman–Crippen MR) is 182 cm³/mol. The molecule has 2 rings (SSSR count). The standard InChI is InChI=1S/C40H60O2/c1-29(17-13-19-31(3)21-23-35-33(5)37(41)25-27-39(35,7)8)15-11-12-16-30(2)18-14-20-32(4)22-24-36-34(6)38(42)26-28-40(36,9)10/h11-13,15,17,19-20,30H,14,16,18,21-28H2,1-10H3/b12-11+,17-13+,29-15+,31-19+,32-20+. The summed E-state index contributed by atoms with van der Waals surface area (Å²) >= 11 is 0. The molecule has 1 atom stereocenters. The lowest BCUT2D eigenvalue weighted by Gasteiger charge is -2.34. The molecule has 2 heteroatoms. The molecule has 232 valence electrons. The van der Waals surface area contributed by atoms with Gasteiger partial charge in [0, 0.05) is 12.8 Å². The lowest BCUT2D eigenvalue weighted by molar-refractivity contribution is -0.117. The predicted octanol–water partition coefficient (Wildman–Crippen LogP) is 11.7. The Bertz CT molecular complexity index is 1190. The van der Waals surface area contributed by atoms with Crippen LogP contribution in [-0.4, -0.2) is 11.6 Å². The minimum Gasteiger partial charge on any atom is -0.295 e. The summed E-state index contributed by atoms with van der Waals surface area (Å²) < 4.78 is 0. The number of allylic oxidation sites excluding steroid dienone is 14. The summed E-state index contributed by atoms with van der Waals surface area (Å²) in [6.07, 6.45) is 26.4. The van der Waals surface area contributed by atoms with Crippen LogP contribution in [0, 0.1) is 16.7 Å². The molecule has 0 amide bonds. The van der Waals surface area contributed by atoms with Gasteiger partial charge < -0.3 is 0 Å². The maximum Gasteiger partial charge on any atom is 0.158 e. The van der Waals surface area contributed by atoms with Crippen molar-refractivity contribution in [3.8, 4) is 0 Å². The highest BCUT2D eigenvalue weighted by Gasteiger charge is 2.32. The highest BCUT2D eigenvalue weighted by Crippen LogP contribution is 2.42. The van der Waals surface area contributed by atoms with Crippen molar-refractivity contribution in [1.29, 1.82) is 0 Å². The molecule has 0 aromatic heterocycles. The molecule has 2 aliphatic carbocycles. The van der Waals surface area contributed by atoms with Gasteiger partial charge in [0.1, 0.15) is 0 Å².